The molecule has 2 N–H and O–H groups in total. The highest BCUT2D eigenvalue weighted by Crippen LogP contribution is 2.18. The zero-order valence-corrected chi connectivity index (χ0v) is 12.1. The average Bonchev–Trinajstić information content (AvgIpc) is 2.98. The Morgan fingerprint density at radius 1 is 1.00 bits per heavy atom. The number of hydrogen-bond donors (Lipinski definition) is 2. The van der Waals surface area contributed by atoms with Gasteiger partial charge in [-0.15, -0.1) is 5.10 Å². The van der Waals surface area contributed by atoms with Crippen LogP contribution in [0.3, 0.4) is 0 Å². The van der Waals surface area contributed by atoms with Crippen molar-refractivity contribution in [1.29, 1.82) is 0 Å². The molecule has 5 nitrogen and oxygen atoms in total. The minimum Gasteiger partial charge on any atom is -0.508 e. The number of aromatic nitrogens is 3. The summed E-state index contributed by atoms with van der Waals surface area (Å²) in [6.45, 7) is -0.249. The first-order valence-electron chi connectivity index (χ1n) is 6.96. The maximum absolute atomic E-state index is 12.9. The summed E-state index contributed by atoms with van der Waals surface area (Å²) in [5, 5.41) is 26.8. The maximum Gasteiger partial charge on any atom is 0.123 e. The first-order chi connectivity index (χ1) is 11.2. The van der Waals surface area contributed by atoms with E-state index in [2.05, 4.69) is 10.3 Å². The summed E-state index contributed by atoms with van der Waals surface area (Å²) in [5.41, 5.74) is 2.56. The van der Waals surface area contributed by atoms with Gasteiger partial charge in [0.2, 0.25) is 0 Å². The molecule has 0 fully saturated rings. The molecule has 3 rings (SSSR count). The fraction of sp³-hybridized carbons (Fsp3) is 0.0588. The van der Waals surface area contributed by atoms with E-state index in [1.54, 1.807) is 53.2 Å². The third kappa shape index (κ3) is 3.27. The smallest absolute Gasteiger partial charge is 0.123 e. The van der Waals surface area contributed by atoms with E-state index in [0.29, 0.717) is 17.1 Å². The van der Waals surface area contributed by atoms with Crippen LogP contribution in [0, 0.1) is 5.82 Å². The van der Waals surface area contributed by atoms with Crippen molar-refractivity contribution in [2.45, 2.75) is 6.61 Å². The molecule has 0 bridgehead atoms. The molecular weight excluding hydrogens is 297 g/mol. The van der Waals surface area contributed by atoms with E-state index in [1.165, 1.54) is 12.1 Å². The van der Waals surface area contributed by atoms with Crippen LogP contribution in [0.4, 0.5) is 4.39 Å². The van der Waals surface area contributed by atoms with Crippen molar-refractivity contribution in [1.82, 2.24) is 15.0 Å². The Morgan fingerprint density at radius 2 is 1.70 bits per heavy atom. The topological polar surface area (TPSA) is 71.2 Å². The minimum atomic E-state index is -0.297. The van der Waals surface area contributed by atoms with Gasteiger partial charge < -0.3 is 10.2 Å². The average molecular weight is 311 g/mol. The lowest BCUT2D eigenvalue weighted by molar-refractivity contribution is 0.276. The Balaban J connectivity index is 1.98. The van der Waals surface area contributed by atoms with E-state index in [4.69, 9.17) is 0 Å². The Bertz CT molecular complexity index is 824. The predicted octanol–water partition coefficient (Wildman–Crippen LogP) is 2.77. The second kappa shape index (κ2) is 6.41. The molecule has 23 heavy (non-hydrogen) atoms. The molecule has 0 radical (unpaired) electrons. The third-order valence-corrected chi connectivity index (χ3v) is 3.33. The molecule has 2 aromatic carbocycles. The van der Waals surface area contributed by atoms with E-state index < -0.39 is 0 Å². The highest BCUT2D eigenvalue weighted by Gasteiger charge is 2.11. The number of aromatic hydroxyl groups is 1. The van der Waals surface area contributed by atoms with E-state index in [0.717, 1.165) is 5.56 Å². The van der Waals surface area contributed by atoms with Crippen molar-refractivity contribution < 1.29 is 14.6 Å². The number of aliphatic hydroxyl groups excluding tert-OH is 1. The fourth-order valence-electron chi connectivity index (χ4n) is 2.13. The quantitative estimate of drug-likeness (QED) is 0.777. The highest BCUT2D eigenvalue weighted by molar-refractivity contribution is 5.69. The molecule has 1 aromatic heterocycles. The van der Waals surface area contributed by atoms with Gasteiger partial charge in [0.25, 0.3) is 0 Å². The number of aliphatic hydroxyl groups is 1. The normalized spacial score (nSPS) is 11.2. The molecule has 3 aromatic rings. The largest absolute Gasteiger partial charge is 0.508 e. The fourth-order valence-corrected chi connectivity index (χ4v) is 2.13. The van der Waals surface area contributed by atoms with Gasteiger partial charge in [0.05, 0.1) is 18.0 Å². The van der Waals surface area contributed by atoms with Gasteiger partial charge in [-0.2, -0.15) is 0 Å². The van der Waals surface area contributed by atoms with Crippen LogP contribution in [0.5, 0.6) is 5.75 Å². The zero-order valence-electron chi connectivity index (χ0n) is 12.1. The van der Waals surface area contributed by atoms with E-state index in [-0.39, 0.29) is 18.2 Å². The van der Waals surface area contributed by atoms with Crippen molar-refractivity contribution in [3.8, 4) is 11.4 Å². The van der Waals surface area contributed by atoms with Crippen LogP contribution < -0.4 is 0 Å². The Morgan fingerprint density at radius 3 is 2.35 bits per heavy atom. The number of rotatable bonds is 4. The van der Waals surface area contributed by atoms with Gasteiger partial charge in [0.15, 0.2) is 0 Å². The van der Waals surface area contributed by atoms with Crippen LogP contribution >= 0.6 is 0 Å². The molecule has 0 aliphatic heterocycles. The highest BCUT2D eigenvalue weighted by atomic mass is 19.1. The van der Waals surface area contributed by atoms with Crippen molar-refractivity contribution >= 4 is 12.2 Å². The number of phenols is 1. The van der Waals surface area contributed by atoms with Crippen LogP contribution in [-0.4, -0.2) is 25.2 Å². The second-order valence-corrected chi connectivity index (χ2v) is 4.89. The molecule has 0 amide bonds. The van der Waals surface area contributed by atoms with E-state index >= 15 is 0 Å². The Kier molecular flexibility index (Phi) is 4.16. The van der Waals surface area contributed by atoms with Gasteiger partial charge in [-0.3, -0.25) is 0 Å². The van der Waals surface area contributed by atoms with Crippen molar-refractivity contribution in [3.05, 3.63) is 71.3 Å². The molecule has 0 saturated carbocycles. The standard InChI is InChI=1S/C17H14FN3O2/c18-13-4-1-12(2-5-13)3-10-17-16(11-22)19-20-21(17)14-6-8-15(23)9-7-14/h1-10,22-23H,11H2/b10-3+. The molecular formula is C17H14FN3O2. The lowest BCUT2D eigenvalue weighted by Gasteiger charge is -2.04. The summed E-state index contributed by atoms with van der Waals surface area (Å²) in [6, 6.07) is 12.5. The van der Waals surface area contributed by atoms with Crippen LogP contribution in [0.25, 0.3) is 17.8 Å². The molecule has 0 unspecified atom stereocenters. The summed E-state index contributed by atoms with van der Waals surface area (Å²) in [7, 11) is 0. The van der Waals surface area contributed by atoms with Gasteiger partial charge in [-0.25, -0.2) is 9.07 Å². The molecule has 0 atom stereocenters. The lowest BCUT2D eigenvalue weighted by atomic mass is 10.2. The number of phenolic OH excluding ortho intramolecular Hbond substituents is 1. The maximum atomic E-state index is 12.9. The Hall–Kier alpha value is -2.99. The molecule has 6 heteroatoms. The third-order valence-electron chi connectivity index (χ3n) is 3.33. The summed E-state index contributed by atoms with van der Waals surface area (Å²) >= 11 is 0. The predicted molar refractivity (Wildman–Crippen MR) is 84.3 cm³/mol. The van der Waals surface area contributed by atoms with Crippen LogP contribution in [0.1, 0.15) is 17.0 Å². The number of halogens is 1. The number of nitrogens with zero attached hydrogens (tertiary/aromatic N) is 3. The van der Waals surface area contributed by atoms with Gasteiger partial charge in [-0.05, 0) is 48.0 Å². The number of hydrogen-bond acceptors (Lipinski definition) is 4. The zero-order chi connectivity index (χ0) is 16.2. The molecule has 0 aliphatic rings. The molecule has 0 aliphatic carbocycles. The minimum absolute atomic E-state index is 0.152. The Labute approximate surface area is 132 Å². The van der Waals surface area contributed by atoms with Crippen molar-refractivity contribution in [2.75, 3.05) is 0 Å². The summed E-state index contributed by atoms with van der Waals surface area (Å²) in [5.74, 6) is -0.145. The van der Waals surface area contributed by atoms with E-state index in [1.807, 2.05) is 0 Å². The van der Waals surface area contributed by atoms with Gasteiger partial charge in [-0.1, -0.05) is 23.4 Å². The summed E-state index contributed by atoms with van der Waals surface area (Å²) < 4.78 is 14.5. The van der Waals surface area contributed by atoms with Crippen molar-refractivity contribution in [3.63, 3.8) is 0 Å². The van der Waals surface area contributed by atoms with Crippen LogP contribution in [-0.2, 0) is 6.61 Å². The van der Waals surface area contributed by atoms with E-state index in [9.17, 15) is 14.6 Å². The second-order valence-electron chi connectivity index (χ2n) is 4.89. The van der Waals surface area contributed by atoms with Crippen LogP contribution in [0.2, 0.25) is 0 Å². The first-order valence-corrected chi connectivity index (χ1v) is 6.96. The van der Waals surface area contributed by atoms with Gasteiger partial charge in [0.1, 0.15) is 17.3 Å². The van der Waals surface area contributed by atoms with Gasteiger partial charge >= 0.3 is 0 Å². The monoisotopic (exact) mass is 311 g/mol. The van der Waals surface area contributed by atoms with Crippen molar-refractivity contribution in [2.24, 2.45) is 0 Å². The summed E-state index contributed by atoms with van der Waals surface area (Å²) in [4.78, 5) is 0. The number of benzene rings is 2. The summed E-state index contributed by atoms with van der Waals surface area (Å²) in [6.07, 6.45) is 3.54. The molecule has 0 saturated heterocycles. The SMILES string of the molecule is OCc1nnn(-c2ccc(O)cc2)c1/C=C/c1ccc(F)cc1. The molecule has 0 spiro atoms. The lowest BCUT2D eigenvalue weighted by Crippen LogP contribution is -1.99. The first kappa shape index (κ1) is 14.9. The molecule has 116 valence electrons. The molecule has 1 heterocycles. The van der Waals surface area contributed by atoms with Gasteiger partial charge in [0, 0.05) is 0 Å². The van der Waals surface area contributed by atoms with Crippen LogP contribution in [0.15, 0.2) is 48.5 Å².